The third-order valence-electron chi connectivity index (χ3n) is 6.06. The zero-order valence-corrected chi connectivity index (χ0v) is 18.0. The van der Waals surface area contributed by atoms with Crippen molar-refractivity contribution in [3.63, 3.8) is 0 Å². The van der Waals surface area contributed by atoms with Crippen molar-refractivity contribution < 1.29 is 9.18 Å². The Hall–Kier alpha value is -2.87. The van der Waals surface area contributed by atoms with Crippen molar-refractivity contribution in [3.8, 4) is 11.3 Å². The Labute approximate surface area is 184 Å². The van der Waals surface area contributed by atoms with E-state index >= 15 is 0 Å². The highest BCUT2D eigenvalue weighted by Crippen LogP contribution is 2.31. The van der Waals surface area contributed by atoms with Crippen LogP contribution < -0.4 is 10.2 Å². The number of rotatable bonds is 4. The lowest BCUT2D eigenvalue weighted by Crippen LogP contribution is -2.38. The number of fused-ring (bicyclic) bond motifs is 1. The molecule has 1 aliphatic heterocycles. The first-order chi connectivity index (χ1) is 15.2. The number of thiazole rings is 1. The Kier molecular flexibility index (Phi) is 5.63. The number of aromatic nitrogens is 3. The summed E-state index contributed by atoms with van der Waals surface area (Å²) in [5.74, 6) is 0.596. The number of carbonyl (C=O) groups is 1. The molecule has 0 bridgehead atoms. The summed E-state index contributed by atoms with van der Waals surface area (Å²) in [6.45, 7) is 1.52. The highest BCUT2D eigenvalue weighted by Gasteiger charge is 2.27. The molecule has 0 saturated carbocycles. The number of carbonyl (C=O) groups excluding carboxylic acids is 1. The van der Waals surface area contributed by atoms with Crippen molar-refractivity contribution in [2.75, 3.05) is 23.3 Å². The van der Waals surface area contributed by atoms with E-state index in [0.29, 0.717) is 5.69 Å². The van der Waals surface area contributed by atoms with Crippen LogP contribution in [0, 0.1) is 11.7 Å². The first kappa shape index (κ1) is 20.1. The van der Waals surface area contributed by atoms with Crippen LogP contribution in [-0.2, 0) is 17.6 Å². The summed E-state index contributed by atoms with van der Waals surface area (Å²) in [4.78, 5) is 20.8. The van der Waals surface area contributed by atoms with E-state index in [-0.39, 0.29) is 17.6 Å². The highest BCUT2D eigenvalue weighted by atomic mass is 32.1. The fourth-order valence-electron chi connectivity index (χ4n) is 4.25. The minimum atomic E-state index is -0.269. The molecule has 8 heteroatoms. The molecule has 0 radical (unpaired) electrons. The maximum absolute atomic E-state index is 13.1. The summed E-state index contributed by atoms with van der Waals surface area (Å²) in [7, 11) is 0. The van der Waals surface area contributed by atoms with Gasteiger partial charge in [0.2, 0.25) is 5.91 Å². The van der Waals surface area contributed by atoms with Gasteiger partial charge < -0.3 is 10.2 Å². The molecule has 0 atom stereocenters. The molecule has 1 N–H and O–H groups in total. The van der Waals surface area contributed by atoms with Crippen LogP contribution in [0.3, 0.4) is 0 Å². The van der Waals surface area contributed by atoms with E-state index in [0.717, 1.165) is 55.3 Å². The summed E-state index contributed by atoms with van der Waals surface area (Å²) in [6, 6.07) is 10.1. The summed E-state index contributed by atoms with van der Waals surface area (Å²) in [5, 5.41) is 12.4. The van der Waals surface area contributed by atoms with E-state index < -0.39 is 0 Å². The highest BCUT2D eigenvalue weighted by molar-refractivity contribution is 7.15. The predicted molar refractivity (Wildman–Crippen MR) is 120 cm³/mol. The van der Waals surface area contributed by atoms with Gasteiger partial charge in [0, 0.05) is 29.4 Å². The maximum atomic E-state index is 13.1. The average molecular weight is 438 g/mol. The molecule has 5 rings (SSSR count). The van der Waals surface area contributed by atoms with Crippen molar-refractivity contribution in [1.82, 2.24) is 15.2 Å². The second-order valence-electron chi connectivity index (χ2n) is 8.13. The Balaban J connectivity index is 1.17. The molecule has 0 unspecified atom stereocenters. The van der Waals surface area contributed by atoms with E-state index in [9.17, 15) is 9.18 Å². The number of aryl methyl sites for hydroxylation is 2. The molecule has 3 aromatic rings. The fraction of sp³-hybridized carbons (Fsp3) is 0.391. The molecule has 1 fully saturated rings. The molecule has 0 spiro atoms. The number of benzene rings is 1. The topological polar surface area (TPSA) is 71.0 Å². The second kappa shape index (κ2) is 8.70. The number of anilines is 2. The SMILES string of the molecule is O=C(Nc1nc2c(s1)CCCC2)C1CCN(c2ccc(-c3ccc(F)cc3)nn2)CC1. The van der Waals surface area contributed by atoms with Crippen molar-refractivity contribution in [2.45, 2.75) is 38.5 Å². The van der Waals surface area contributed by atoms with E-state index in [1.165, 1.54) is 35.5 Å². The van der Waals surface area contributed by atoms with Gasteiger partial charge in [-0.1, -0.05) is 0 Å². The maximum Gasteiger partial charge on any atom is 0.229 e. The third kappa shape index (κ3) is 4.44. The minimum Gasteiger partial charge on any atom is -0.355 e. The number of halogens is 1. The van der Waals surface area contributed by atoms with Gasteiger partial charge in [-0.25, -0.2) is 9.37 Å². The van der Waals surface area contributed by atoms with Crippen molar-refractivity contribution in [2.24, 2.45) is 5.92 Å². The first-order valence-electron chi connectivity index (χ1n) is 10.8. The number of hydrogen-bond donors (Lipinski definition) is 1. The van der Waals surface area contributed by atoms with Crippen molar-refractivity contribution in [1.29, 1.82) is 0 Å². The monoisotopic (exact) mass is 437 g/mol. The quantitative estimate of drug-likeness (QED) is 0.652. The van der Waals surface area contributed by atoms with E-state index in [1.54, 1.807) is 23.5 Å². The van der Waals surface area contributed by atoms with Crippen LogP contribution in [0.4, 0.5) is 15.3 Å². The van der Waals surface area contributed by atoms with Gasteiger partial charge in [0.25, 0.3) is 0 Å². The van der Waals surface area contributed by atoms with Crippen LogP contribution in [-0.4, -0.2) is 34.2 Å². The van der Waals surface area contributed by atoms with Gasteiger partial charge in [-0.3, -0.25) is 4.79 Å². The lowest BCUT2D eigenvalue weighted by molar-refractivity contribution is -0.120. The van der Waals surface area contributed by atoms with Crippen LogP contribution in [0.5, 0.6) is 0 Å². The van der Waals surface area contributed by atoms with Crippen LogP contribution in [0.2, 0.25) is 0 Å². The predicted octanol–water partition coefficient (Wildman–Crippen LogP) is 4.47. The molecular weight excluding hydrogens is 413 g/mol. The van der Waals surface area contributed by atoms with Gasteiger partial charge in [-0.05, 0) is 74.9 Å². The first-order valence-corrected chi connectivity index (χ1v) is 11.6. The van der Waals surface area contributed by atoms with Gasteiger partial charge in [0.1, 0.15) is 5.82 Å². The smallest absolute Gasteiger partial charge is 0.229 e. The number of nitrogens with zero attached hydrogens (tertiary/aromatic N) is 4. The molecule has 160 valence electrons. The zero-order chi connectivity index (χ0) is 21.2. The van der Waals surface area contributed by atoms with Gasteiger partial charge in [-0.15, -0.1) is 21.5 Å². The largest absolute Gasteiger partial charge is 0.355 e. The van der Waals surface area contributed by atoms with E-state index in [2.05, 4.69) is 25.4 Å². The summed E-state index contributed by atoms with van der Waals surface area (Å²) < 4.78 is 13.1. The summed E-state index contributed by atoms with van der Waals surface area (Å²) >= 11 is 1.63. The molecule has 1 aromatic carbocycles. The Morgan fingerprint density at radius 1 is 1.03 bits per heavy atom. The summed E-state index contributed by atoms with van der Waals surface area (Å²) in [5.41, 5.74) is 2.72. The number of amides is 1. The minimum absolute atomic E-state index is 0.0105. The fourth-order valence-corrected chi connectivity index (χ4v) is 5.30. The molecule has 2 aromatic heterocycles. The van der Waals surface area contributed by atoms with Crippen LogP contribution in [0.25, 0.3) is 11.3 Å². The van der Waals surface area contributed by atoms with Crippen molar-refractivity contribution in [3.05, 3.63) is 52.8 Å². The van der Waals surface area contributed by atoms with Crippen LogP contribution >= 0.6 is 11.3 Å². The normalized spacial score (nSPS) is 16.7. The average Bonchev–Trinajstić information content (AvgIpc) is 3.22. The Morgan fingerprint density at radius 2 is 1.81 bits per heavy atom. The van der Waals surface area contributed by atoms with Gasteiger partial charge >= 0.3 is 0 Å². The Bertz CT molecular complexity index is 1040. The molecule has 31 heavy (non-hydrogen) atoms. The standard InChI is InChI=1S/C23H24FN5OS/c24-17-7-5-15(6-8-17)18-9-10-21(28-27-18)29-13-11-16(12-14-29)22(30)26-23-25-19-3-1-2-4-20(19)31-23/h5-10,16H,1-4,11-14H2,(H,25,26,30). The summed E-state index contributed by atoms with van der Waals surface area (Å²) in [6.07, 6.45) is 6.07. The molecule has 1 saturated heterocycles. The van der Waals surface area contributed by atoms with Crippen molar-refractivity contribution >= 4 is 28.2 Å². The second-order valence-corrected chi connectivity index (χ2v) is 9.21. The molecule has 1 amide bonds. The number of hydrogen-bond acceptors (Lipinski definition) is 6. The zero-order valence-electron chi connectivity index (χ0n) is 17.2. The van der Waals surface area contributed by atoms with Crippen LogP contribution in [0.15, 0.2) is 36.4 Å². The number of piperidine rings is 1. The lowest BCUT2D eigenvalue weighted by Gasteiger charge is -2.31. The van der Waals surface area contributed by atoms with Gasteiger partial charge in [-0.2, -0.15) is 0 Å². The molecule has 3 heterocycles. The van der Waals surface area contributed by atoms with Crippen LogP contribution in [0.1, 0.15) is 36.3 Å². The lowest BCUT2D eigenvalue weighted by atomic mass is 9.96. The molecule has 2 aliphatic rings. The van der Waals surface area contributed by atoms with Gasteiger partial charge in [0.15, 0.2) is 10.9 Å². The van der Waals surface area contributed by atoms with E-state index in [4.69, 9.17) is 0 Å². The molecule has 1 aliphatic carbocycles. The third-order valence-corrected chi connectivity index (χ3v) is 7.13. The molecular formula is C23H24FN5OS. The molecule has 6 nitrogen and oxygen atoms in total. The van der Waals surface area contributed by atoms with E-state index in [1.807, 2.05) is 12.1 Å². The number of nitrogens with one attached hydrogen (secondary N) is 1. The Morgan fingerprint density at radius 3 is 2.52 bits per heavy atom. The van der Waals surface area contributed by atoms with Gasteiger partial charge in [0.05, 0.1) is 11.4 Å².